The average molecular weight is 346 g/mol. The summed E-state index contributed by atoms with van der Waals surface area (Å²) in [6.07, 6.45) is 3.29. The van der Waals surface area contributed by atoms with E-state index >= 15 is 0 Å². The molecule has 1 saturated carbocycles. The third-order valence-electron chi connectivity index (χ3n) is 3.91. The van der Waals surface area contributed by atoms with Crippen molar-refractivity contribution in [2.75, 3.05) is 13.6 Å². The van der Waals surface area contributed by atoms with Crippen LogP contribution in [0.4, 0.5) is 0 Å². The van der Waals surface area contributed by atoms with Crippen molar-refractivity contribution in [2.45, 2.75) is 25.3 Å². The first-order valence-corrected chi connectivity index (χ1v) is 7.64. The molecule has 0 aliphatic heterocycles. The Morgan fingerprint density at radius 3 is 2.89 bits per heavy atom. The second-order valence-corrected chi connectivity index (χ2v) is 6.30. The van der Waals surface area contributed by atoms with E-state index in [0.717, 1.165) is 23.7 Å². The summed E-state index contributed by atoms with van der Waals surface area (Å²) in [5.74, 6) is 0.430. The van der Waals surface area contributed by atoms with Crippen LogP contribution in [0.1, 0.15) is 29.6 Å². The standard InChI is InChI=1S/C14H18BrClN2O/c1-18(13-4-2-3-10(13)8-17)14(19)9-5-6-11(15)12(16)7-9/h5-7,10,13H,2-4,8,17H2,1H3. The molecule has 2 N–H and O–H groups in total. The summed E-state index contributed by atoms with van der Waals surface area (Å²) in [4.78, 5) is 14.3. The number of nitrogens with two attached hydrogens (primary N) is 1. The van der Waals surface area contributed by atoms with Gasteiger partial charge in [-0.15, -0.1) is 0 Å². The van der Waals surface area contributed by atoms with E-state index in [4.69, 9.17) is 17.3 Å². The second kappa shape index (κ2) is 6.25. The van der Waals surface area contributed by atoms with Gasteiger partial charge in [-0.2, -0.15) is 0 Å². The van der Waals surface area contributed by atoms with Crippen molar-refractivity contribution < 1.29 is 4.79 Å². The summed E-state index contributed by atoms with van der Waals surface area (Å²) in [5, 5.41) is 0.557. The Bertz CT molecular complexity index is 481. The number of halogens is 2. The molecule has 2 rings (SSSR count). The van der Waals surface area contributed by atoms with Gasteiger partial charge in [0.2, 0.25) is 0 Å². The third-order valence-corrected chi connectivity index (χ3v) is 5.14. The number of rotatable bonds is 3. The Balaban J connectivity index is 2.16. The van der Waals surface area contributed by atoms with E-state index in [1.807, 2.05) is 11.9 Å². The topological polar surface area (TPSA) is 46.3 Å². The van der Waals surface area contributed by atoms with Crippen LogP contribution < -0.4 is 5.73 Å². The minimum atomic E-state index is 0.0137. The quantitative estimate of drug-likeness (QED) is 0.913. The smallest absolute Gasteiger partial charge is 0.253 e. The molecule has 2 atom stereocenters. The van der Waals surface area contributed by atoms with Crippen LogP contribution in [-0.4, -0.2) is 30.4 Å². The third kappa shape index (κ3) is 3.12. The Kier molecular flexibility index (Phi) is 4.87. The summed E-state index contributed by atoms with van der Waals surface area (Å²) < 4.78 is 0.800. The van der Waals surface area contributed by atoms with Crippen LogP contribution in [0.15, 0.2) is 22.7 Å². The molecule has 104 valence electrons. The zero-order valence-electron chi connectivity index (χ0n) is 10.9. The summed E-state index contributed by atoms with van der Waals surface area (Å²) in [6, 6.07) is 5.55. The molecule has 1 amide bonds. The minimum Gasteiger partial charge on any atom is -0.338 e. The molecule has 1 fully saturated rings. The van der Waals surface area contributed by atoms with Gasteiger partial charge in [-0.25, -0.2) is 0 Å². The van der Waals surface area contributed by atoms with Gasteiger partial charge in [-0.1, -0.05) is 18.0 Å². The van der Waals surface area contributed by atoms with E-state index in [0.29, 0.717) is 23.0 Å². The average Bonchev–Trinajstić information content (AvgIpc) is 2.88. The lowest BCUT2D eigenvalue weighted by Crippen LogP contribution is -2.41. The maximum atomic E-state index is 12.5. The van der Waals surface area contributed by atoms with Gasteiger partial charge in [-0.05, 0) is 59.4 Å². The number of carbonyl (C=O) groups is 1. The Morgan fingerprint density at radius 2 is 2.26 bits per heavy atom. The number of amides is 1. The monoisotopic (exact) mass is 344 g/mol. The molecule has 3 nitrogen and oxygen atoms in total. The molecular formula is C14H18BrClN2O. The summed E-state index contributed by atoms with van der Waals surface area (Å²) in [7, 11) is 1.86. The first-order chi connectivity index (χ1) is 9.04. The number of hydrogen-bond donors (Lipinski definition) is 1. The van der Waals surface area contributed by atoms with Crippen molar-refractivity contribution >= 4 is 33.4 Å². The molecule has 19 heavy (non-hydrogen) atoms. The van der Waals surface area contributed by atoms with Crippen LogP contribution in [-0.2, 0) is 0 Å². The van der Waals surface area contributed by atoms with E-state index in [1.165, 1.54) is 0 Å². The first-order valence-electron chi connectivity index (χ1n) is 6.47. The van der Waals surface area contributed by atoms with Gasteiger partial charge in [-0.3, -0.25) is 4.79 Å². The highest BCUT2D eigenvalue weighted by molar-refractivity contribution is 9.10. The Hall–Kier alpha value is -0.580. The summed E-state index contributed by atoms with van der Waals surface area (Å²) in [5.41, 5.74) is 6.40. The highest BCUT2D eigenvalue weighted by Crippen LogP contribution is 2.30. The molecule has 0 aromatic heterocycles. The van der Waals surface area contributed by atoms with Gasteiger partial charge in [0, 0.05) is 23.1 Å². The molecule has 0 heterocycles. The van der Waals surface area contributed by atoms with E-state index in [1.54, 1.807) is 18.2 Å². The highest BCUT2D eigenvalue weighted by atomic mass is 79.9. The van der Waals surface area contributed by atoms with Crippen LogP contribution in [0.25, 0.3) is 0 Å². The predicted molar refractivity (Wildman–Crippen MR) is 81.4 cm³/mol. The maximum absolute atomic E-state index is 12.5. The van der Waals surface area contributed by atoms with E-state index in [9.17, 15) is 4.79 Å². The van der Waals surface area contributed by atoms with Gasteiger partial charge in [0.15, 0.2) is 0 Å². The SMILES string of the molecule is CN(C(=O)c1ccc(Br)c(Cl)c1)C1CCCC1CN. The lowest BCUT2D eigenvalue weighted by molar-refractivity contribution is 0.0700. The van der Waals surface area contributed by atoms with Crippen LogP contribution >= 0.6 is 27.5 Å². The number of benzene rings is 1. The molecule has 0 bridgehead atoms. The van der Waals surface area contributed by atoms with Crippen molar-refractivity contribution in [3.8, 4) is 0 Å². The maximum Gasteiger partial charge on any atom is 0.253 e. The molecule has 1 aromatic rings. The number of carbonyl (C=O) groups excluding carboxylic acids is 1. The molecule has 0 radical (unpaired) electrons. The van der Waals surface area contributed by atoms with E-state index in [-0.39, 0.29) is 11.9 Å². The molecule has 5 heteroatoms. The normalized spacial score (nSPS) is 22.5. The minimum absolute atomic E-state index is 0.0137. The van der Waals surface area contributed by atoms with Crippen LogP contribution in [0.2, 0.25) is 5.02 Å². The first kappa shape index (κ1) is 14.8. The summed E-state index contributed by atoms with van der Waals surface area (Å²) >= 11 is 9.37. The lowest BCUT2D eigenvalue weighted by Gasteiger charge is -2.29. The van der Waals surface area contributed by atoms with Gasteiger partial charge in [0.1, 0.15) is 0 Å². The van der Waals surface area contributed by atoms with Crippen molar-refractivity contribution in [1.29, 1.82) is 0 Å². The molecule has 1 aromatic carbocycles. The Morgan fingerprint density at radius 1 is 1.53 bits per heavy atom. The second-order valence-electron chi connectivity index (χ2n) is 5.04. The van der Waals surface area contributed by atoms with E-state index < -0.39 is 0 Å². The fourth-order valence-electron chi connectivity index (χ4n) is 2.79. The predicted octanol–water partition coefficient (Wildman–Crippen LogP) is 3.30. The zero-order chi connectivity index (χ0) is 14.0. The highest BCUT2D eigenvalue weighted by Gasteiger charge is 2.32. The van der Waals surface area contributed by atoms with Gasteiger partial charge in [0.05, 0.1) is 5.02 Å². The van der Waals surface area contributed by atoms with Gasteiger partial charge < -0.3 is 10.6 Å². The van der Waals surface area contributed by atoms with Crippen molar-refractivity contribution in [1.82, 2.24) is 4.90 Å². The molecular weight excluding hydrogens is 328 g/mol. The van der Waals surface area contributed by atoms with Crippen LogP contribution in [0.3, 0.4) is 0 Å². The molecule has 0 saturated heterocycles. The van der Waals surface area contributed by atoms with Gasteiger partial charge in [0.25, 0.3) is 5.91 Å². The number of nitrogens with zero attached hydrogens (tertiary/aromatic N) is 1. The van der Waals surface area contributed by atoms with Crippen molar-refractivity contribution in [2.24, 2.45) is 11.7 Å². The molecule has 1 aliphatic carbocycles. The van der Waals surface area contributed by atoms with Crippen molar-refractivity contribution in [3.05, 3.63) is 33.3 Å². The van der Waals surface area contributed by atoms with Crippen LogP contribution in [0, 0.1) is 5.92 Å². The number of hydrogen-bond acceptors (Lipinski definition) is 2. The molecule has 0 spiro atoms. The Labute approximate surface area is 127 Å². The largest absolute Gasteiger partial charge is 0.338 e. The van der Waals surface area contributed by atoms with Gasteiger partial charge >= 0.3 is 0 Å². The lowest BCUT2D eigenvalue weighted by atomic mass is 10.0. The zero-order valence-corrected chi connectivity index (χ0v) is 13.2. The van der Waals surface area contributed by atoms with E-state index in [2.05, 4.69) is 15.9 Å². The summed E-state index contributed by atoms with van der Waals surface area (Å²) in [6.45, 7) is 0.642. The molecule has 1 aliphatic rings. The van der Waals surface area contributed by atoms with Crippen LogP contribution in [0.5, 0.6) is 0 Å². The van der Waals surface area contributed by atoms with Crippen molar-refractivity contribution in [3.63, 3.8) is 0 Å². The fraction of sp³-hybridized carbons (Fsp3) is 0.500. The fourth-order valence-corrected chi connectivity index (χ4v) is 3.21. The molecule has 2 unspecified atom stereocenters.